The zero-order valence-corrected chi connectivity index (χ0v) is 17.5. The van der Waals surface area contributed by atoms with Crippen LogP contribution in [0.25, 0.3) is 0 Å². The van der Waals surface area contributed by atoms with Gasteiger partial charge in [0.1, 0.15) is 6.42 Å². The van der Waals surface area contributed by atoms with Crippen LogP contribution < -0.4 is 10.6 Å². The van der Waals surface area contributed by atoms with Gasteiger partial charge in [0.05, 0.1) is 17.2 Å². The van der Waals surface area contributed by atoms with E-state index in [4.69, 9.17) is 5.26 Å². The maximum absolute atomic E-state index is 12.7. The molecule has 1 aliphatic rings. The lowest BCUT2D eigenvalue weighted by Crippen LogP contribution is -2.45. The van der Waals surface area contributed by atoms with E-state index in [1.807, 2.05) is 0 Å². The molecular weight excluding hydrogens is 396 g/mol. The number of hydrogen-bond donors (Lipinski definition) is 2. The first kappa shape index (κ1) is 21.7. The molecule has 158 valence electrons. The molecule has 0 radical (unpaired) electrons. The van der Waals surface area contributed by atoms with Crippen LogP contribution in [0.5, 0.6) is 0 Å². The molecule has 0 bridgehead atoms. The molecule has 2 aromatic rings. The van der Waals surface area contributed by atoms with Gasteiger partial charge in [0.25, 0.3) is 17.7 Å². The zero-order chi connectivity index (χ0) is 22.8. The van der Waals surface area contributed by atoms with Crippen LogP contribution in [-0.2, 0) is 11.3 Å². The van der Waals surface area contributed by atoms with Crippen LogP contribution in [0.2, 0.25) is 0 Å². The largest absolute Gasteiger partial charge is 0.348 e. The topological polar surface area (TPSA) is 119 Å². The smallest absolute Gasteiger partial charge is 0.262 e. The summed E-state index contributed by atoms with van der Waals surface area (Å²) in [6.45, 7) is 5.44. The maximum Gasteiger partial charge on any atom is 0.262 e. The number of imide groups is 1. The summed E-state index contributed by atoms with van der Waals surface area (Å²) in [5.41, 5.74) is 1.22. The standard InChI is InChI=1S/C23H22N4O4/c1-23(2,3)27-21(30)16-9-8-14(12-17(16)22(27)31)20(29)25-13-15-6-4-5-7-18(15)26-19(28)10-11-24/h4-9,12H,10,13H2,1-3H3,(H,25,29)(H,26,28). The highest BCUT2D eigenvalue weighted by molar-refractivity contribution is 6.22. The third kappa shape index (κ3) is 4.46. The van der Waals surface area contributed by atoms with Crippen molar-refractivity contribution in [2.24, 2.45) is 0 Å². The Kier molecular flexibility index (Phi) is 5.88. The number of carbonyl (C=O) groups is 4. The van der Waals surface area contributed by atoms with Gasteiger partial charge in [-0.15, -0.1) is 0 Å². The van der Waals surface area contributed by atoms with Gasteiger partial charge in [0, 0.05) is 23.3 Å². The highest BCUT2D eigenvalue weighted by Crippen LogP contribution is 2.29. The van der Waals surface area contributed by atoms with E-state index in [9.17, 15) is 19.2 Å². The molecule has 8 heteroatoms. The Morgan fingerprint density at radius 3 is 2.39 bits per heavy atom. The molecule has 0 atom stereocenters. The summed E-state index contributed by atoms with van der Waals surface area (Å²) in [6, 6.07) is 13.1. The molecule has 0 aliphatic carbocycles. The van der Waals surface area contributed by atoms with Crippen molar-refractivity contribution in [1.29, 1.82) is 5.26 Å². The number of hydrogen-bond acceptors (Lipinski definition) is 5. The number of benzene rings is 2. The fourth-order valence-electron chi connectivity index (χ4n) is 3.33. The number of rotatable bonds is 5. The van der Waals surface area contributed by atoms with Crippen LogP contribution in [0.3, 0.4) is 0 Å². The lowest BCUT2D eigenvalue weighted by Gasteiger charge is -2.29. The second kappa shape index (κ2) is 8.40. The van der Waals surface area contributed by atoms with E-state index in [1.165, 1.54) is 23.1 Å². The van der Waals surface area contributed by atoms with Crippen molar-refractivity contribution < 1.29 is 19.2 Å². The molecule has 2 N–H and O–H groups in total. The van der Waals surface area contributed by atoms with Gasteiger partial charge >= 0.3 is 0 Å². The maximum atomic E-state index is 12.7. The first-order valence-electron chi connectivity index (χ1n) is 9.69. The minimum absolute atomic E-state index is 0.125. The number of nitrogens with one attached hydrogen (secondary N) is 2. The lowest BCUT2D eigenvalue weighted by atomic mass is 10.1. The zero-order valence-electron chi connectivity index (χ0n) is 17.5. The molecule has 0 aromatic heterocycles. The number of nitrogens with zero attached hydrogens (tertiary/aromatic N) is 2. The number of nitriles is 1. The Bertz CT molecular complexity index is 1130. The van der Waals surface area contributed by atoms with Crippen LogP contribution in [0.4, 0.5) is 5.69 Å². The number of carbonyl (C=O) groups excluding carboxylic acids is 4. The average molecular weight is 418 g/mol. The number of fused-ring (bicyclic) bond motifs is 1. The van der Waals surface area contributed by atoms with E-state index in [0.29, 0.717) is 11.3 Å². The van der Waals surface area contributed by atoms with Gasteiger partial charge in [-0.25, -0.2) is 0 Å². The molecule has 3 rings (SSSR count). The highest BCUT2D eigenvalue weighted by Gasteiger charge is 2.42. The van der Waals surface area contributed by atoms with Crippen molar-refractivity contribution in [3.8, 4) is 6.07 Å². The molecule has 4 amide bonds. The van der Waals surface area contributed by atoms with Crippen LogP contribution in [0, 0.1) is 11.3 Å². The van der Waals surface area contributed by atoms with Gasteiger partial charge in [-0.3, -0.25) is 24.1 Å². The number of anilines is 1. The molecule has 0 saturated heterocycles. The normalized spacial score (nSPS) is 12.9. The average Bonchev–Trinajstić information content (AvgIpc) is 2.97. The summed E-state index contributed by atoms with van der Waals surface area (Å²) >= 11 is 0. The van der Waals surface area contributed by atoms with Crippen molar-refractivity contribution in [2.75, 3.05) is 5.32 Å². The second-order valence-corrected chi connectivity index (χ2v) is 8.10. The predicted molar refractivity (Wildman–Crippen MR) is 113 cm³/mol. The van der Waals surface area contributed by atoms with Crippen LogP contribution in [-0.4, -0.2) is 34.1 Å². The van der Waals surface area contributed by atoms with Crippen LogP contribution >= 0.6 is 0 Å². The third-order valence-corrected chi connectivity index (χ3v) is 4.79. The first-order chi connectivity index (χ1) is 14.6. The summed E-state index contributed by atoms with van der Waals surface area (Å²) in [5.74, 6) is -1.66. The molecule has 31 heavy (non-hydrogen) atoms. The van der Waals surface area contributed by atoms with E-state index in [-0.39, 0.29) is 35.6 Å². The molecular formula is C23H22N4O4. The van der Waals surface area contributed by atoms with Gasteiger partial charge < -0.3 is 10.6 Å². The van der Waals surface area contributed by atoms with E-state index >= 15 is 0 Å². The van der Waals surface area contributed by atoms with E-state index in [1.54, 1.807) is 51.1 Å². The fourth-order valence-corrected chi connectivity index (χ4v) is 3.33. The third-order valence-electron chi connectivity index (χ3n) is 4.79. The fraction of sp³-hybridized carbons (Fsp3) is 0.261. The first-order valence-corrected chi connectivity index (χ1v) is 9.69. The Hall–Kier alpha value is -3.99. The molecule has 0 spiro atoms. The molecule has 2 aromatic carbocycles. The van der Waals surface area contributed by atoms with E-state index in [2.05, 4.69) is 10.6 Å². The Balaban J connectivity index is 1.75. The van der Waals surface area contributed by atoms with Gasteiger partial charge in [0.2, 0.25) is 5.91 Å². The van der Waals surface area contributed by atoms with Gasteiger partial charge in [0.15, 0.2) is 0 Å². The molecule has 1 aliphatic heterocycles. The van der Waals surface area contributed by atoms with Crippen molar-refractivity contribution >= 4 is 29.3 Å². The molecule has 8 nitrogen and oxygen atoms in total. The predicted octanol–water partition coefficient (Wildman–Crippen LogP) is 2.86. The second-order valence-electron chi connectivity index (χ2n) is 8.10. The SMILES string of the molecule is CC(C)(C)N1C(=O)c2ccc(C(=O)NCc3ccccc3NC(=O)CC#N)cc2C1=O. The molecule has 0 saturated carbocycles. The summed E-state index contributed by atoms with van der Waals surface area (Å²) in [5, 5.41) is 14.0. The Labute approximate surface area is 179 Å². The van der Waals surface area contributed by atoms with Crippen molar-refractivity contribution in [3.05, 3.63) is 64.7 Å². The van der Waals surface area contributed by atoms with Gasteiger partial charge in [-0.1, -0.05) is 18.2 Å². The monoisotopic (exact) mass is 418 g/mol. The summed E-state index contributed by atoms with van der Waals surface area (Å²) in [7, 11) is 0. The Morgan fingerprint density at radius 1 is 1.03 bits per heavy atom. The highest BCUT2D eigenvalue weighted by atomic mass is 16.2. The Morgan fingerprint density at radius 2 is 1.71 bits per heavy atom. The number of amides is 4. The molecule has 1 heterocycles. The minimum atomic E-state index is -0.671. The van der Waals surface area contributed by atoms with Crippen molar-refractivity contribution in [2.45, 2.75) is 39.3 Å². The van der Waals surface area contributed by atoms with E-state index < -0.39 is 23.3 Å². The summed E-state index contributed by atoms with van der Waals surface area (Å²) in [4.78, 5) is 50.9. The summed E-state index contributed by atoms with van der Waals surface area (Å²) in [6.07, 6.45) is -0.270. The van der Waals surface area contributed by atoms with Gasteiger partial charge in [-0.2, -0.15) is 5.26 Å². The van der Waals surface area contributed by atoms with Crippen LogP contribution in [0.1, 0.15) is 63.8 Å². The minimum Gasteiger partial charge on any atom is -0.348 e. The number of para-hydroxylation sites is 1. The lowest BCUT2D eigenvalue weighted by molar-refractivity contribution is -0.115. The van der Waals surface area contributed by atoms with Crippen LogP contribution in [0.15, 0.2) is 42.5 Å². The summed E-state index contributed by atoms with van der Waals surface area (Å²) < 4.78 is 0. The van der Waals surface area contributed by atoms with E-state index in [0.717, 1.165) is 0 Å². The quantitative estimate of drug-likeness (QED) is 0.724. The van der Waals surface area contributed by atoms with Gasteiger partial charge in [-0.05, 0) is 50.6 Å². The van der Waals surface area contributed by atoms with Crippen molar-refractivity contribution in [1.82, 2.24) is 10.2 Å². The van der Waals surface area contributed by atoms with Crippen molar-refractivity contribution in [3.63, 3.8) is 0 Å². The molecule has 0 fully saturated rings. The molecule has 0 unspecified atom stereocenters.